The molecule has 1 atom stereocenters. The molecule has 3 rings (SSSR count). The first-order valence-electron chi connectivity index (χ1n) is 6.91. The van der Waals surface area contributed by atoms with Gasteiger partial charge in [-0.25, -0.2) is 0 Å². The maximum absolute atomic E-state index is 5.50. The molecule has 0 aliphatic carbocycles. The van der Waals surface area contributed by atoms with E-state index in [0.29, 0.717) is 5.41 Å². The molecule has 3 heterocycles. The van der Waals surface area contributed by atoms with E-state index in [4.69, 9.17) is 4.74 Å². The van der Waals surface area contributed by atoms with Gasteiger partial charge in [0, 0.05) is 25.8 Å². The molecule has 0 bridgehead atoms. The molecule has 1 spiro atoms. The third-order valence-electron chi connectivity index (χ3n) is 4.96. The Kier molecular flexibility index (Phi) is 3.18. The van der Waals surface area contributed by atoms with E-state index in [1.165, 1.54) is 58.3 Å². The van der Waals surface area contributed by atoms with E-state index in [1.807, 2.05) is 0 Å². The normalized spacial score (nSPS) is 35.6. The molecule has 3 fully saturated rings. The number of likely N-dealkylation sites (tertiary alicyclic amines) is 1. The predicted octanol–water partition coefficient (Wildman–Crippen LogP) is 1.24. The first kappa shape index (κ1) is 11.0. The number of piperidine rings is 1. The molecule has 0 amide bonds. The predicted molar refractivity (Wildman–Crippen MR) is 64.6 cm³/mol. The summed E-state index contributed by atoms with van der Waals surface area (Å²) in [5.41, 5.74) is 0.654. The van der Waals surface area contributed by atoms with Crippen LogP contribution < -0.4 is 5.32 Å². The number of rotatable bonds is 1. The molecule has 0 aromatic heterocycles. The first-order chi connectivity index (χ1) is 7.88. The Morgan fingerprint density at radius 3 is 2.44 bits per heavy atom. The van der Waals surface area contributed by atoms with Gasteiger partial charge in [-0.1, -0.05) is 0 Å². The Labute approximate surface area is 98.5 Å². The second kappa shape index (κ2) is 4.63. The number of ether oxygens (including phenoxy) is 1. The zero-order valence-electron chi connectivity index (χ0n) is 10.2. The lowest BCUT2D eigenvalue weighted by atomic mass is 9.72. The third kappa shape index (κ3) is 2.13. The van der Waals surface area contributed by atoms with Crippen molar-refractivity contribution in [1.82, 2.24) is 10.2 Å². The summed E-state index contributed by atoms with van der Waals surface area (Å²) >= 11 is 0. The highest BCUT2D eigenvalue weighted by Crippen LogP contribution is 2.41. The van der Waals surface area contributed by atoms with Crippen molar-refractivity contribution >= 4 is 0 Å². The molecule has 0 aromatic rings. The lowest BCUT2D eigenvalue weighted by molar-refractivity contribution is -0.0262. The fourth-order valence-electron chi connectivity index (χ4n) is 3.62. The Morgan fingerprint density at radius 2 is 1.81 bits per heavy atom. The SMILES string of the molecule is C1C[C@H](N2CCC3(CCOCC3)CC2)CN1. The average Bonchev–Trinajstić information content (AvgIpc) is 2.85. The quantitative estimate of drug-likeness (QED) is 0.725. The van der Waals surface area contributed by atoms with Gasteiger partial charge in [0.25, 0.3) is 0 Å². The van der Waals surface area contributed by atoms with Gasteiger partial charge in [-0.3, -0.25) is 4.90 Å². The lowest BCUT2D eigenvalue weighted by Gasteiger charge is -2.45. The van der Waals surface area contributed by atoms with Crippen LogP contribution in [0.25, 0.3) is 0 Å². The van der Waals surface area contributed by atoms with Crippen LogP contribution >= 0.6 is 0 Å². The van der Waals surface area contributed by atoms with Gasteiger partial charge in [0.2, 0.25) is 0 Å². The van der Waals surface area contributed by atoms with E-state index in [-0.39, 0.29) is 0 Å². The van der Waals surface area contributed by atoms with Crippen LogP contribution in [0, 0.1) is 5.41 Å². The molecule has 3 aliphatic heterocycles. The molecular weight excluding hydrogens is 200 g/mol. The Bertz CT molecular complexity index is 222. The minimum absolute atomic E-state index is 0.654. The molecule has 0 unspecified atom stereocenters. The Hall–Kier alpha value is -0.120. The highest BCUT2D eigenvalue weighted by molar-refractivity contribution is 4.91. The van der Waals surface area contributed by atoms with Crippen molar-refractivity contribution in [2.45, 2.75) is 38.1 Å². The fraction of sp³-hybridized carbons (Fsp3) is 1.00. The van der Waals surface area contributed by atoms with Crippen molar-refractivity contribution in [3.8, 4) is 0 Å². The highest BCUT2D eigenvalue weighted by atomic mass is 16.5. The van der Waals surface area contributed by atoms with Gasteiger partial charge >= 0.3 is 0 Å². The first-order valence-corrected chi connectivity index (χ1v) is 6.91. The van der Waals surface area contributed by atoms with Gasteiger partial charge in [0.05, 0.1) is 0 Å². The van der Waals surface area contributed by atoms with Crippen LogP contribution in [0.5, 0.6) is 0 Å². The van der Waals surface area contributed by atoms with Crippen LogP contribution in [0.15, 0.2) is 0 Å². The smallest absolute Gasteiger partial charge is 0.0471 e. The number of hydrogen-bond acceptors (Lipinski definition) is 3. The summed E-state index contributed by atoms with van der Waals surface area (Å²) in [7, 11) is 0. The van der Waals surface area contributed by atoms with E-state index in [9.17, 15) is 0 Å². The van der Waals surface area contributed by atoms with Crippen molar-refractivity contribution < 1.29 is 4.74 Å². The summed E-state index contributed by atoms with van der Waals surface area (Å²) in [6, 6.07) is 0.831. The third-order valence-corrected chi connectivity index (χ3v) is 4.96. The second-order valence-corrected chi connectivity index (χ2v) is 5.79. The summed E-state index contributed by atoms with van der Waals surface area (Å²) in [6.07, 6.45) is 6.79. The molecule has 3 saturated heterocycles. The Balaban J connectivity index is 1.54. The standard InChI is InChI=1S/C13H24N2O/c1-6-14-11-12(1)15-7-2-13(3-8-15)4-9-16-10-5-13/h12,14H,1-11H2/t12-/m0/s1. The van der Waals surface area contributed by atoms with Crippen molar-refractivity contribution in [1.29, 1.82) is 0 Å². The van der Waals surface area contributed by atoms with E-state index >= 15 is 0 Å². The maximum atomic E-state index is 5.50. The van der Waals surface area contributed by atoms with E-state index in [0.717, 1.165) is 19.3 Å². The van der Waals surface area contributed by atoms with E-state index in [2.05, 4.69) is 10.2 Å². The topological polar surface area (TPSA) is 24.5 Å². The van der Waals surface area contributed by atoms with Gasteiger partial charge < -0.3 is 10.1 Å². The second-order valence-electron chi connectivity index (χ2n) is 5.79. The molecule has 3 heteroatoms. The average molecular weight is 224 g/mol. The minimum atomic E-state index is 0.654. The molecule has 3 nitrogen and oxygen atoms in total. The Morgan fingerprint density at radius 1 is 1.06 bits per heavy atom. The molecule has 0 radical (unpaired) electrons. The van der Waals surface area contributed by atoms with Gasteiger partial charge in [0.15, 0.2) is 0 Å². The fourth-order valence-corrected chi connectivity index (χ4v) is 3.62. The molecule has 0 saturated carbocycles. The zero-order chi connectivity index (χ0) is 10.8. The summed E-state index contributed by atoms with van der Waals surface area (Å²) < 4.78 is 5.50. The molecule has 92 valence electrons. The summed E-state index contributed by atoms with van der Waals surface area (Å²) in [5, 5.41) is 3.48. The molecule has 3 aliphatic rings. The summed E-state index contributed by atoms with van der Waals surface area (Å²) in [5.74, 6) is 0. The van der Waals surface area contributed by atoms with Crippen LogP contribution in [0.3, 0.4) is 0 Å². The van der Waals surface area contributed by atoms with Crippen molar-refractivity contribution in [3.05, 3.63) is 0 Å². The molecule has 1 N–H and O–H groups in total. The molecule has 16 heavy (non-hydrogen) atoms. The maximum Gasteiger partial charge on any atom is 0.0471 e. The molecule has 0 aromatic carbocycles. The number of nitrogens with one attached hydrogen (secondary N) is 1. The van der Waals surface area contributed by atoms with E-state index < -0.39 is 0 Å². The zero-order valence-corrected chi connectivity index (χ0v) is 10.2. The lowest BCUT2D eigenvalue weighted by Crippen LogP contribution is -2.47. The van der Waals surface area contributed by atoms with Gasteiger partial charge in [-0.05, 0) is 57.2 Å². The van der Waals surface area contributed by atoms with E-state index in [1.54, 1.807) is 0 Å². The van der Waals surface area contributed by atoms with Gasteiger partial charge in [-0.2, -0.15) is 0 Å². The van der Waals surface area contributed by atoms with Gasteiger partial charge in [0.1, 0.15) is 0 Å². The molecular formula is C13H24N2O. The van der Waals surface area contributed by atoms with Gasteiger partial charge in [-0.15, -0.1) is 0 Å². The minimum Gasteiger partial charge on any atom is -0.381 e. The highest BCUT2D eigenvalue weighted by Gasteiger charge is 2.37. The summed E-state index contributed by atoms with van der Waals surface area (Å²) in [4.78, 5) is 2.72. The monoisotopic (exact) mass is 224 g/mol. The van der Waals surface area contributed by atoms with Crippen molar-refractivity contribution in [3.63, 3.8) is 0 Å². The number of nitrogens with zero attached hydrogens (tertiary/aromatic N) is 1. The van der Waals surface area contributed by atoms with Crippen LogP contribution in [-0.4, -0.2) is 50.3 Å². The van der Waals surface area contributed by atoms with Crippen molar-refractivity contribution in [2.24, 2.45) is 5.41 Å². The van der Waals surface area contributed by atoms with Crippen LogP contribution in [-0.2, 0) is 4.74 Å². The van der Waals surface area contributed by atoms with Crippen LogP contribution in [0.1, 0.15) is 32.1 Å². The van der Waals surface area contributed by atoms with Crippen LogP contribution in [0.2, 0.25) is 0 Å². The van der Waals surface area contributed by atoms with Crippen LogP contribution in [0.4, 0.5) is 0 Å². The largest absolute Gasteiger partial charge is 0.381 e. The van der Waals surface area contributed by atoms with Crippen molar-refractivity contribution in [2.75, 3.05) is 39.4 Å². The summed E-state index contributed by atoms with van der Waals surface area (Å²) in [6.45, 7) is 7.10. The number of hydrogen-bond donors (Lipinski definition) is 1.